The van der Waals surface area contributed by atoms with Gasteiger partial charge in [-0.2, -0.15) is 0 Å². The van der Waals surface area contributed by atoms with Crippen LogP contribution in [0.3, 0.4) is 0 Å². The van der Waals surface area contributed by atoms with Crippen LogP contribution < -0.4 is 22.5 Å². The van der Waals surface area contributed by atoms with Crippen molar-refractivity contribution < 1.29 is 30.8 Å². The van der Waals surface area contributed by atoms with Crippen LogP contribution in [0.1, 0.15) is 42.7 Å². The van der Waals surface area contributed by atoms with Gasteiger partial charge in [0.15, 0.2) is 0 Å². The molecule has 162 valence electrons. The Balaban J connectivity index is 0.00000256. The molecule has 0 saturated carbocycles. The van der Waals surface area contributed by atoms with Crippen LogP contribution in [0.15, 0.2) is 42.5 Å². The van der Waals surface area contributed by atoms with Crippen molar-refractivity contribution in [1.29, 1.82) is 0 Å². The number of benzene rings is 2. The standard InChI is InChI=1S/C24H29FN2O2.ClH/c1-27(15-12-18(13-16-27)19-6-2-3-7-21(19)25)14-5-17-29-23-9-4-8-22-20(23)10-11-24(28)26-22;/h2-4,6-9,18H,5,10-17H2,1H3;1H. The number of hydrogen-bond donors (Lipinski definition) is 1. The van der Waals surface area contributed by atoms with Crippen molar-refractivity contribution >= 4 is 11.6 Å². The first-order valence-electron chi connectivity index (χ1n) is 10.7. The molecule has 1 fully saturated rings. The maximum Gasteiger partial charge on any atom is 0.224 e. The third kappa shape index (κ3) is 5.13. The molecule has 1 N–H and O–H groups in total. The molecule has 1 saturated heterocycles. The summed E-state index contributed by atoms with van der Waals surface area (Å²) in [5.41, 5.74) is 2.87. The smallest absolute Gasteiger partial charge is 0.224 e. The third-order valence-electron chi connectivity index (χ3n) is 6.49. The number of nitrogens with zero attached hydrogens (tertiary/aromatic N) is 1. The first-order valence-corrected chi connectivity index (χ1v) is 10.7. The zero-order chi connectivity index (χ0) is 20.3. The highest BCUT2D eigenvalue weighted by Crippen LogP contribution is 2.33. The summed E-state index contributed by atoms with van der Waals surface area (Å²) < 4.78 is 21.2. The second-order valence-electron chi connectivity index (χ2n) is 8.62. The molecular formula is C24H30ClFN2O2. The summed E-state index contributed by atoms with van der Waals surface area (Å²) in [5.74, 6) is 1.24. The SMILES string of the molecule is C[N+]1(CCCOc2cccc3c2CCC(=O)N3)CCC(c2ccccc2F)CC1.[Cl-]. The predicted octanol–water partition coefficient (Wildman–Crippen LogP) is 1.51. The van der Waals surface area contributed by atoms with Crippen molar-refractivity contribution in [2.45, 2.75) is 38.0 Å². The number of nitrogens with one attached hydrogen (secondary N) is 1. The lowest BCUT2D eigenvalue weighted by atomic mass is 9.88. The van der Waals surface area contributed by atoms with E-state index >= 15 is 0 Å². The van der Waals surface area contributed by atoms with Crippen molar-refractivity contribution in [3.8, 4) is 5.75 Å². The second kappa shape index (κ2) is 9.80. The summed E-state index contributed by atoms with van der Waals surface area (Å²) in [6.07, 6.45) is 4.30. The maximum absolute atomic E-state index is 14.1. The van der Waals surface area contributed by atoms with Crippen LogP contribution in [0.25, 0.3) is 0 Å². The molecule has 0 aromatic heterocycles. The monoisotopic (exact) mass is 432 g/mol. The van der Waals surface area contributed by atoms with E-state index in [9.17, 15) is 9.18 Å². The quantitative estimate of drug-likeness (QED) is 0.555. The Morgan fingerprint density at radius 2 is 1.87 bits per heavy atom. The first-order chi connectivity index (χ1) is 14.0. The number of hydrogen-bond acceptors (Lipinski definition) is 2. The maximum atomic E-state index is 14.1. The molecule has 2 aliphatic rings. The molecule has 1 amide bonds. The fourth-order valence-corrected chi connectivity index (χ4v) is 4.69. The van der Waals surface area contributed by atoms with Crippen LogP contribution in [-0.2, 0) is 11.2 Å². The van der Waals surface area contributed by atoms with Gasteiger partial charge in [-0.05, 0) is 36.1 Å². The van der Waals surface area contributed by atoms with E-state index in [2.05, 4.69) is 12.4 Å². The lowest BCUT2D eigenvalue weighted by Gasteiger charge is -2.41. The number of likely N-dealkylation sites (tertiary alicyclic amines) is 1. The van der Waals surface area contributed by atoms with Crippen LogP contribution in [-0.4, -0.2) is 43.7 Å². The minimum absolute atomic E-state index is 0. The minimum atomic E-state index is -0.0654. The number of rotatable bonds is 6. The molecular weight excluding hydrogens is 403 g/mol. The van der Waals surface area contributed by atoms with Crippen molar-refractivity contribution in [1.82, 2.24) is 0 Å². The Labute approximate surface area is 184 Å². The second-order valence-corrected chi connectivity index (χ2v) is 8.62. The fraction of sp³-hybridized carbons (Fsp3) is 0.458. The number of halogens is 2. The fourth-order valence-electron chi connectivity index (χ4n) is 4.69. The molecule has 6 heteroatoms. The number of quaternary nitrogens is 1. The average molecular weight is 433 g/mol. The van der Waals surface area contributed by atoms with Crippen molar-refractivity contribution in [2.75, 3.05) is 38.6 Å². The molecule has 2 aliphatic heterocycles. The molecule has 4 rings (SSSR count). The number of ether oxygens (including phenoxy) is 1. The van der Waals surface area contributed by atoms with Crippen LogP contribution >= 0.6 is 0 Å². The van der Waals surface area contributed by atoms with Gasteiger partial charge in [-0.15, -0.1) is 0 Å². The van der Waals surface area contributed by atoms with Gasteiger partial charge >= 0.3 is 0 Å². The third-order valence-corrected chi connectivity index (χ3v) is 6.49. The van der Waals surface area contributed by atoms with Gasteiger partial charge in [0.25, 0.3) is 0 Å². The van der Waals surface area contributed by atoms with E-state index in [1.807, 2.05) is 30.3 Å². The van der Waals surface area contributed by atoms with E-state index < -0.39 is 0 Å². The van der Waals surface area contributed by atoms with Crippen LogP contribution in [0, 0.1) is 5.82 Å². The molecule has 4 nitrogen and oxygen atoms in total. The molecule has 30 heavy (non-hydrogen) atoms. The van der Waals surface area contributed by atoms with Crippen LogP contribution in [0.2, 0.25) is 0 Å². The predicted molar refractivity (Wildman–Crippen MR) is 113 cm³/mol. The highest BCUT2D eigenvalue weighted by molar-refractivity contribution is 5.94. The normalized spacial score (nSPS) is 23.1. The lowest BCUT2D eigenvalue weighted by Crippen LogP contribution is -3.00. The highest BCUT2D eigenvalue weighted by atomic mass is 35.5. The topological polar surface area (TPSA) is 38.3 Å². The van der Waals surface area contributed by atoms with Gasteiger partial charge < -0.3 is 26.9 Å². The van der Waals surface area contributed by atoms with Gasteiger partial charge in [-0.1, -0.05) is 24.3 Å². The molecule has 2 aromatic rings. The number of amides is 1. The largest absolute Gasteiger partial charge is 1.00 e. The van der Waals surface area contributed by atoms with Gasteiger partial charge in [0, 0.05) is 36.9 Å². The van der Waals surface area contributed by atoms with E-state index in [0.717, 1.165) is 72.4 Å². The van der Waals surface area contributed by atoms with Crippen molar-refractivity contribution in [3.63, 3.8) is 0 Å². The number of piperidine rings is 1. The number of anilines is 1. The van der Waals surface area contributed by atoms with Gasteiger partial charge in [-0.25, -0.2) is 4.39 Å². The molecule has 0 atom stereocenters. The van der Waals surface area contributed by atoms with Gasteiger partial charge in [0.2, 0.25) is 5.91 Å². The Morgan fingerprint density at radius 3 is 2.63 bits per heavy atom. The highest BCUT2D eigenvalue weighted by Gasteiger charge is 2.31. The molecule has 2 aromatic carbocycles. The first kappa shape index (κ1) is 22.6. The van der Waals surface area contributed by atoms with E-state index in [0.29, 0.717) is 18.9 Å². The Hall–Kier alpha value is -2.11. The zero-order valence-corrected chi connectivity index (χ0v) is 18.3. The van der Waals surface area contributed by atoms with Gasteiger partial charge in [0.05, 0.1) is 33.3 Å². The number of carbonyl (C=O) groups is 1. The van der Waals surface area contributed by atoms with E-state index in [1.165, 1.54) is 0 Å². The van der Waals surface area contributed by atoms with Crippen molar-refractivity contribution in [3.05, 3.63) is 59.4 Å². The summed E-state index contributed by atoms with van der Waals surface area (Å²) in [7, 11) is 2.30. The Kier molecular flexibility index (Phi) is 7.37. The number of carbonyl (C=O) groups excluding carboxylic acids is 1. The lowest BCUT2D eigenvalue weighted by molar-refractivity contribution is -0.914. The van der Waals surface area contributed by atoms with E-state index in [4.69, 9.17) is 4.74 Å². The molecule has 0 unspecified atom stereocenters. The van der Waals surface area contributed by atoms with Gasteiger partial charge in [0.1, 0.15) is 11.6 Å². The van der Waals surface area contributed by atoms with Gasteiger partial charge in [-0.3, -0.25) is 4.79 Å². The summed E-state index contributed by atoms with van der Waals surface area (Å²) in [6, 6.07) is 13.1. The summed E-state index contributed by atoms with van der Waals surface area (Å²) in [5, 5.41) is 2.92. The summed E-state index contributed by atoms with van der Waals surface area (Å²) in [4.78, 5) is 11.6. The Morgan fingerprint density at radius 1 is 1.10 bits per heavy atom. The summed E-state index contributed by atoms with van der Waals surface area (Å²) >= 11 is 0. The molecule has 2 heterocycles. The molecule has 0 aliphatic carbocycles. The molecule has 0 radical (unpaired) electrons. The Bertz CT molecular complexity index is 881. The summed E-state index contributed by atoms with van der Waals surface area (Å²) in [6.45, 7) is 3.89. The van der Waals surface area contributed by atoms with Crippen LogP contribution in [0.4, 0.5) is 10.1 Å². The van der Waals surface area contributed by atoms with E-state index in [1.54, 1.807) is 12.1 Å². The zero-order valence-electron chi connectivity index (χ0n) is 17.5. The van der Waals surface area contributed by atoms with E-state index in [-0.39, 0.29) is 24.1 Å². The number of fused-ring (bicyclic) bond motifs is 1. The minimum Gasteiger partial charge on any atom is -1.00 e. The molecule has 0 bridgehead atoms. The van der Waals surface area contributed by atoms with Crippen molar-refractivity contribution in [2.24, 2.45) is 0 Å². The average Bonchev–Trinajstić information content (AvgIpc) is 2.72. The van der Waals surface area contributed by atoms with Crippen LogP contribution in [0.5, 0.6) is 5.75 Å². The molecule has 0 spiro atoms.